The molecule has 50 heavy (non-hydrogen) atoms. The first-order valence-electron chi connectivity index (χ1n) is 15.8. The number of unbranched alkanes of at least 4 members (excludes halogenated alkanes) is 2. The van der Waals surface area contributed by atoms with E-state index >= 15 is 0 Å². The van der Waals surface area contributed by atoms with E-state index in [1.165, 1.54) is 26.4 Å². The highest BCUT2D eigenvalue weighted by Crippen LogP contribution is 2.49. The summed E-state index contributed by atoms with van der Waals surface area (Å²) in [5.41, 5.74) is 2.32. The second-order valence-corrected chi connectivity index (χ2v) is 15.5. The fourth-order valence-corrected chi connectivity index (χ4v) is 7.83. The van der Waals surface area contributed by atoms with Gasteiger partial charge in [0.25, 0.3) is 20.2 Å². The van der Waals surface area contributed by atoms with Crippen molar-refractivity contribution in [2.24, 2.45) is 4.99 Å². The van der Waals surface area contributed by atoms with Gasteiger partial charge in [0.05, 0.1) is 48.0 Å². The van der Waals surface area contributed by atoms with Gasteiger partial charge in [-0.15, -0.1) is 4.33 Å². The molecular weight excluding hydrogens is 709 g/mol. The van der Waals surface area contributed by atoms with Gasteiger partial charge >= 0.3 is 5.97 Å². The third-order valence-corrected chi connectivity index (χ3v) is 10.6. The van der Waals surface area contributed by atoms with Crippen LogP contribution in [0.15, 0.2) is 81.5 Å². The van der Waals surface area contributed by atoms with Gasteiger partial charge in [0.1, 0.15) is 6.54 Å². The molecule has 16 heteroatoms. The van der Waals surface area contributed by atoms with Crippen LogP contribution in [0.25, 0.3) is 10.8 Å². The van der Waals surface area contributed by atoms with Crippen LogP contribution >= 0.6 is 12.0 Å². The van der Waals surface area contributed by atoms with Crippen LogP contribution in [0.3, 0.4) is 0 Å². The molecule has 1 atom stereocenters. The molecule has 3 aromatic rings. The summed E-state index contributed by atoms with van der Waals surface area (Å²) < 4.78 is 79.9. The van der Waals surface area contributed by atoms with Crippen LogP contribution < -0.4 is 0 Å². The Hall–Kier alpha value is -3.48. The predicted molar refractivity (Wildman–Crippen MR) is 190 cm³/mol. The van der Waals surface area contributed by atoms with Crippen LogP contribution in [-0.2, 0) is 49.4 Å². The molecule has 2 N–H and O–H groups in total. The maximum absolute atomic E-state index is 12.5. The highest BCUT2D eigenvalue weighted by atomic mass is 32.2. The van der Waals surface area contributed by atoms with Gasteiger partial charge in [0, 0.05) is 48.1 Å². The van der Waals surface area contributed by atoms with Crippen molar-refractivity contribution < 1.29 is 54.3 Å². The van der Waals surface area contributed by atoms with Gasteiger partial charge in [0.2, 0.25) is 5.69 Å². The number of nitrogens with zero attached hydrogens (tertiary/aromatic N) is 2. The Morgan fingerprint density at radius 3 is 2.42 bits per heavy atom. The van der Waals surface area contributed by atoms with Crippen molar-refractivity contribution in [2.45, 2.75) is 67.1 Å². The van der Waals surface area contributed by atoms with E-state index in [-0.39, 0.29) is 30.3 Å². The van der Waals surface area contributed by atoms with Crippen LogP contribution in [0, 0.1) is 0 Å². The average molecular weight is 750 g/mol. The van der Waals surface area contributed by atoms with E-state index < -0.39 is 31.4 Å². The molecule has 0 saturated carbocycles. The first kappa shape index (κ1) is 39.3. The number of carbonyl (C=O) groups excluding carboxylic acids is 1. The third kappa shape index (κ3) is 10.3. The maximum Gasteiger partial charge on any atom is 0.305 e. The summed E-state index contributed by atoms with van der Waals surface area (Å²) in [6, 6.07) is 15.8. The minimum atomic E-state index is -4.67. The smallest absolute Gasteiger partial charge is 0.305 e. The molecule has 0 bridgehead atoms. The zero-order valence-electron chi connectivity index (χ0n) is 28.0. The molecule has 0 amide bonds. The number of esters is 1. The minimum absolute atomic E-state index is 0.104. The van der Waals surface area contributed by atoms with E-state index in [2.05, 4.69) is 14.9 Å². The average Bonchev–Trinajstić information content (AvgIpc) is 3.30. The molecule has 0 spiro atoms. The topological polar surface area (TPSA) is 178 Å². The standard InChI is InChI=1S/C34H40N2O11S3/c1-34(19-10-5-8-16-32(37)44-2)31(15-9-11-20-35-25-13-6-4-7-14-25)36(21-12-22-49(38,39)40)29-18-17-27-28(33(29)34)23-26(50(41,42)43)24-30(27)48-47-46-45-3/h4,6-7,9,13-15,17-18,20,23-24H,5,8,10-12,16,19,21-22H2,1-3H3,(H-,38,39,40,41,42,43)/p+1/b15-9+,35-20?. The van der Waals surface area contributed by atoms with Gasteiger partial charge in [-0.3, -0.25) is 18.9 Å². The third-order valence-electron chi connectivity index (χ3n) is 8.35. The number of rotatable bonds is 19. The molecule has 1 aliphatic rings. The van der Waals surface area contributed by atoms with Gasteiger partial charge in [-0.2, -0.15) is 21.4 Å². The van der Waals surface area contributed by atoms with Crippen LogP contribution in [0.1, 0.15) is 57.4 Å². The Labute approximate surface area is 296 Å². The Bertz CT molecular complexity index is 1980. The molecule has 0 aromatic heterocycles. The maximum atomic E-state index is 12.5. The van der Waals surface area contributed by atoms with Crippen molar-refractivity contribution in [1.82, 2.24) is 0 Å². The van der Waals surface area contributed by atoms with Crippen molar-refractivity contribution in [3.8, 4) is 0 Å². The van der Waals surface area contributed by atoms with E-state index in [0.29, 0.717) is 65.5 Å². The number of hydrogen-bond acceptors (Lipinski definition) is 11. The summed E-state index contributed by atoms with van der Waals surface area (Å²) in [5.74, 6) is -0.754. The molecule has 0 aliphatic carbocycles. The second-order valence-electron chi connectivity index (χ2n) is 11.8. The van der Waals surface area contributed by atoms with E-state index in [9.17, 15) is 30.7 Å². The minimum Gasteiger partial charge on any atom is -0.469 e. The Kier molecular flexibility index (Phi) is 13.9. The zero-order chi connectivity index (χ0) is 36.4. The molecule has 0 fully saturated rings. The van der Waals surface area contributed by atoms with E-state index in [1.54, 1.807) is 12.3 Å². The molecule has 4 rings (SSSR count). The second kappa shape index (κ2) is 17.6. The van der Waals surface area contributed by atoms with Crippen molar-refractivity contribution >= 4 is 72.3 Å². The van der Waals surface area contributed by atoms with Gasteiger partial charge in [0.15, 0.2) is 5.71 Å². The lowest BCUT2D eigenvalue weighted by molar-refractivity contribution is -0.447. The molecule has 270 valence electrons. The zero-order valence-corrected chi connectivity index (χ0v) is 30.4. The van der Waals surface area contributed by atoms with Crippen LogP contribution in [0.4, 0.5) is 11.4 Å². The van der Waals surface area contributed by atoms with Gasteiger partial charge in [-0.05, 0) is 60.9 Å². The monoisotopic (exact) mass is 749 g/mol. The van der Waals surface area contributed by atoms with E-state index in [1.807, 2.05) is 60.0 Å². The Balaban J connectivity index is 1.87. The fraction of sp³-hybridized carbons (Fsp3) is 0.382. The number of ether oxygens (including phenoxy) is 1. The number of methoxy groups -OCH3 is 1. The van der Waals surface area contributed by atoms with Crippen molar-refractivity contribution in [2.75, 3.05) is 26.5 Å². The lowest BCUT2D eigenvalue weighted by Gasteiger charge is -2.24. The quantitative estimate of drug-likeness (QED) is 0.0194. The molecule has 0 radical (unpaired) electrons. The highest BCUT2D eigenvalue weighted by molar-refractivity contribution is 7.94. The van der Waals surface area contributed by atoms with Crippen LogP contribution in [0.2, 0.25) is 0 Å². The van der Waals surface area contributed by atoms with Crippen LogP contribution in [-0.4, -0.2) is 74.9 Å². The highest BCUT2D eigenvalue weighted by Gasteiger charge is 2.48. The number of carbonyl (C=O) groups is 1. The lowest BCUT2D eigenvalue weighted by atomic mass is 9.73. The number of para-hydroxylation sites is 1. The number of hydrogen-bond donors (Lipinski definition) is 2. The molecule has 1 aliphatic heterocycles. The molecule has 0 saturated heterocycles. The number of aliphatic imine (C=N–C) groups is 1. The summed E-state index contributed by atoms with van der Waals surface area (Å²) in [7, 11) is -6.31. The number of benzene rings is 3. The lowest BCUT2D eigenvalue weighted by Crippen LogP contribution is -2.32. The van der Waals surface area contributed by atoms with Gasteiger partial charge in [-0.1, -0.05) is 42.2 Å². The normalized spacial score (nSPS) is 16.6. The Morgan fingerprint density at radius 1 is 0.980 bits per heavy atom. The van der Waals surface area contributed by atoms with Gasteiger partial charge < -0.3 is 4.74 Å². The predicted octanol–water partition coefficient (Wildman–Crippen LogP) is 6.71. The van der Waals surface area contributed by atoms with Crippen molar-refractivity contribution in [3.63, 3.8) is 0 Å². The summed E-state index contributed by atoms with van der Waals surface area (Å²) in [6.45, 7) is 2.25. The summed E-state index contributed by atoms with van der Waals surface area (Å²) in [6.07, 6.45) is 9.09. The fourth-order valence-electron chi connectivity index (χ4n) is 6.13. The molecule has 1 heterocycles. The van der Waals surface area contributed by atoms with Crippen LogP contribution in [0.5, 0.6) is 0 Å². The first-order chi connectivity index (χ1) is 23.8. The molecule has 13 nitrogen and oxygen atoms in total. The number of fused-ring (bicyclic) bond motifs is 3. The van der Waals surface area contributed by atoms with E-state index in [0.717, 1.165) is 17.0 Å². The van der Waals surface area contributed by atoms with Crippen molar-refractivity contribution in [1.29, 1.82) is 0 Å². The van der Waals surface area contributed by atoms with E-state index in [4.69, 9.17) is 9.07 Å². The number of allylic oxidation sites excluding steroid dienone is 2. The summed E-state index contributed by atoms with van der Waals surface area (Å²) in [4.78, 5) is 20.7. The SMILES string of the molecule is COOOSc1cc(S(=O)(=O)O)cc2c3c(ccc12)[N+](CCCS(=O)(=O)O)=C(/C=C/CC=Nc1ccccc1)C3(C)CCCCCC(=O)OC. The summed E-state index contributed by atoms with van der Waals surface area (Å²) >= 11 is 0.705. The Morgan fingerprint density at radius 2 is 1.74 bits per heavy atom. The first-order valence-corrected chi connectivity index (χ1v) is 19.6. The molecular formula is C34H41N2O11S3+. The van der Waals surface area contributed by atoms with Crippen molar-refractivity contribution in [3.05, 3.63) is 72.3 Å². The summed E-state index contributed by atoms with van der Waals surface area (Å²) in [5, 5.41) is 5.69. The van der Waals surface area contributed by atoms with Gasteiger partial charge in [-0.25, -0.2) is 4.89 Å². The molecule has 1 unspecified atom stereocenters. The largest absolute Gasteiger partial charge is 0.469 e. The molecule has 3 aromatic carbocycles.